The van der Waals surface area contributed by atoms with Crippen molar-refractivity contribution in [1.29, 1.82) is 0 Å². The summed E-state index contributed by atoms with van der Waals surface area (Å²) in [4.78, 5) is 10.6. The zero-order valence-electron chi connectivity index (χ0n) is 4.83. The number of hydrogen-bond acceptors (Lipinski definition) is 4. The normalized spacial score (nSPS) is 9.00. The second-order valence-electron chi connectivity index (χ2n) is 1.40. The van der Waals surface area contributed by atoms with Crippen LogP contribution in [0.2, 0.25) is 0 Å². The Balaban J connectivity index is 2.77. The van der Waals surface area contributed by atoms with Crippen LogP contribution < -0.4 is 0 Å². The molecule has 0 bridgehead atoms. The molecule has 4 nitrogen and oxygen atoms in total. The SMILES string of the molecule is COC(=O)c1cnoc1. The van der Waals surface area contributed by atoms with Gasteiger partial charge in [-0.2, -0.15) is 0 Å². The Morgan fingerprint density at radius 3 is 3.11 bits per heavy atom. The lowest BCUT2D eigenvalue weighted by molar-refractivity contribution is 0.0600. The fourth-order valence-corrected chi connectivity index (χ4v) is 0.424. The Labute approximate surface area is 51.4 Å². The molecule has 0 N–H and O–H groups in total. The van der Waals surface area contributed by atoms with E-state index in [0.29, 0.717) is 5.56 Å². The van der Waals surface area contributed by atoms with Crippen molar-refractivity contribution >= 4 is 5.97 Å². The fraction of sp³-hybridized carbons (Fsp3) is 0.200. The van der Waals surface area contributed by atoms with Gasteiger partial charge in [0.25, 0.3) is 0 Å². The minimum absolute atomic E-state index is 0.331. The lowest BCUT2D eigenvalue weighted by Crippen LogP contribution is -1.97. The summed E-state index contributed by atoms with van der Waals surface area (Å²) in [6.45, 7) is 0. The van der Waals surface area contributed by atoms with Crippen LogP contribution in [-0.4, -0.2) is 18.2 Å². The second-order valence-corrected chi connectivity index (χ2v) is 1.40. The van der Waals surface area contributed by atoms with E-state index in [4.69, 9.17) is 0 Å². The zero-order chi connectivity index (χ0) is 6.69. The summed E-state index contributed by atoms with van der Waals surface area (Å²) in [6.07, 6.45) is 2.53. The minimum atomic E-state index is -0.434. The molecule has 1 rings (SSSR count). The summed E-state index contributed by atoms with van der Waals surface area (Å²) >= 11 is 0. The van der Waals surface area contributed by atoms with Crippen LogP contribution in [0.15, 0.2) is 17.0 Å². The van der Waals surface area contributed by atoms with Crippen LogP contribution in [0.5, 0.6) is 0 Å². The maximum atomic E-state index is 10.6. The third-order valence-corrected chi connectivity index (χ3v) is 0.853. The second kappa shape index (κ2) is 2.30. The molecule has 0 amide bonds. The molecule has 48 valence electrons. The molecule has 0 fully saturated rings. The highest BCUT2D eigenvalue weighted by molar-refractivity contribution is 5.88. The molecule has 0 radical (unpaired) electrons. The van der Waals surface area contributed by atoms with E-state index in [0.717, 1.165) is 0 Å². The number of nitrogens with zero attached hydrogens (tertiary/aromatic N) is 1. The van der Waals surface area contributed by atoms with Crippen LogP contribution in [0.1, 0.15) is 10.4 Å². The van der Waals surface area contributed by atoms with Gasteiger partial charge in [-0.3, -0.25) is 0 Å². The Morgan fingerprint density at radius 1 is 1.89 bits per heavy atom. The smallest absolute Gasteiger partial charge is 0.342 e. The number of ether oxygens (including phenoxy) is 1. The Bertz CT molecular complexity index is 192. The van der Waals surface area contributed by atoms with Gasteiger partial charge >= 0.3 is 5.97 Å². The molecule has 1 aromatic rings. The molecule has 9 heavy (non-hydrogen) atoms. The molecule has 0 aliphatic heterocycles. The molecule has 4 heteroatoms. The Kier molecular flexibility index (Phi) is 1.48. The van der Waals surface area contributed by atoms with Crippen LogP contribution in [0.3, 0.4) is 0 Å². The number of hydrogen-bond donors (Lipinski definition) is 0. The average Bonchev–Trinajstić information content (AvgIpc) is 2.37. The number of methoxy groups -OCH3 is 1. The van der Waals surface area contributed by atoms with Gasteiger partial charge in [-0.1, -0.05) is 5.16 Å². The van der Waals surface area contributed by atoms with Gasteiger partial charge in [-0.15, -0.1) is 0 Å². The van der Waals surface area contributed by atoms with E-state index in [1.807, 2.05) is 0 Å². The molecule has 1 aromatic heterocycles. The first-order valence-corrected chi connectivity index (χ1v) is 2.32. The van der Waals surface area contributed by atoms with Crippen molar-refractivity contribution in [2.24, 2.45) is 0 Å². The van der Waals surface area contributed by atoms with Crippen LogP contribution in [0.25, 0.3) is 0 Å². The summed E-state index contributed by atoms with van der Waals surface area (Å²) in [5.74, 6) is -0.434. The maximum Gasteiger partial charge on any atom is 0.342 e. The number of rotatable bonds is 1. The van der Waals surface area contributed by atoms with Crippen molar-refractivity contribution in [2.45, 2.75) is 0 Å². The first-order chi connectivity index (χ1) is 4.34. The number of aromatic nitrogens is 1. The van der Waals surface area contributed by atoms with E-state index in [2.05, 4.69) is 14.4 Å². The molecule has 0 atom stereocenters. The monoisotopic (exact) mass is 127 g/mol. The quantitative estimate of drug-likeness (QED) is 0.514. The average molecular weight is 127 g/mol. The van der Waals surface area contributed by atoms with E-state index >= 15 is 0 Å². The largest absolute Gasteiger partial charge is 0.465 e. The minimum Gasteiger partial charge on any atom is -0.465 e. The molecular weight excluding hydrogens is 122 g/mol. The van der Waals surface area contributed by atoms with Crippen molar-refractivity contribution in [3.8, 4) is 0 Å². The van der Waals surface area contributed by atoms with E-state index in [1.54, 1.807) is 0 Å². The predicted octanol–water partition coefficient (Wildman–Crippen LogP) is 0.461. The molecule has 0 aliphatic carbocycles. The van der Waals surface area contributed by atoms with Gasteiger partial charge in [-0.05, 0) is 0 Å². The number of carbonyl (C=O) groups excluding carboxylic acids is 1. The first kappa shape index (κ1) is 5.81. The Hall–Kier alpha value is -1.32. The number of carbonyl (C=O) groups is 1. The van der Waals surface area contributed by atoms with Crippen LogP contribution in [-0.2, 0) is 4.74 Å². The van der Waals surface area contributed by atoms with Gasteiger partial charge in [0.15, 0.2) is 0 Å². The van der Waals surface area contributed by atoms with Crippen LogP contribution in [0.4, 0.5) is 0 Å². The molecular formula is C5H5NO3. The molecule has 0 saturated carbocycles. The Morgan fingerprint density at radius 2 is 2.67 bits per heavy atom. The third-order valence-electron chi connectivity index (χ3n) is 0.853. The van der Waals surface area contributed by atoms with Gasteiger partial charge < -0.3 is 9.26 Å². The molecule has 1 heterocycles. The molecule has 0 unspecified atom stereocenters. The number of esters is 1. The molecule has 0 saturated heterocycles. The van der Waals surface area contributed by atoms with E-state index in [9.17, 15) is 4.79 Å². The predicted molar refractivity (Wildman–Crippen MR) is 27.8 cm³/mol. The highest BCUT2D eigenvalue weighted by Crippen LogP contribution is 1.96. The highest BCUT2D eigenvalue weighted by Gasteiger charge is 2.05. The first-order valence-electron chi connectivity index (χ1n) is 2.32. The summed E-state index contributed by atoms with van der Waals surface area (Å²) < 4.78 is 8.74. The third kappa shape index (κ3) is 1.07. The van der Waals surface area contributed by atoms with E-state index in [-0.39, 0.29) is 0 Å². The zero-order valence-corrected chi connectivity index (χ0v) is 4.83. The lowest BCUT2D eigenvalue weighted by Gasteiger charge is -1.88. The van der Waals surface area contributed by atoms with Gasteiger partial charge in [0, 0.05) is 0 Å². The van der Waals surface area contributed by atoms with Crippen molar-refractivity contribution in [1.82, 2.24) is 5.16 Å². The summed E-state index contributed by atoms with van der Waals surface area (Å²) in [6, 6.07) is 0. The van der Waals surface area contributed by atoms with Crippen molar-refractivity contribution in [3.63, 3.8) is 0 Å². The maximum absolute atomic E-state index is 10.6. The van der Waals surface area contributed by atoms with Crippen molar-refractivity contribution in [3.05, 3.63) is 18.0 Å². The highest BCUT2D eigenvalue weighted by atomic mass is 16.5. The van der Waals surface area contributed by atoms with Crippen molar-refractivity contribution < 1.29 is 14.1 Å². The van der Waals surface area contributed by atoms with Crippen LogP contribution >= 0.6 is 0 Å². The van der Waals surface area contributed by atoms with Crippen molar-refractivity contribution in [2.75, 3.05) is 7.11 Å². The van der Waals surface area contributed by atoms with Gasteiger partial charge in [0.05, 0.1) is 13.3 Å². The van der Waals surface area contributed by atoms with Gasteiger partial charge in [-0.25, -0.2) is 4.79 Å². The fourth-order valence-electron chi connectivity index (χ4n) is 0.424. The summed E-state index contributed by atoms with van der Waals surface area (Å²) in [5.41, 5.74) is 0.331. The lowest BCUT2D eigenvalue weighted by atomic mass is 10.4. The van der Waals surface area contributed by atoms with Crippen LogP contribution in [0, 0.1) is 0 Å². The van der Waals surface area contributed by atoms with E-state index < -0.39 is 5.97 Å². The molecule has 0 spiro atoms. The van der Waals surface area contributed by atoms with Gasteiger partial charge in [0.2, 0.25) is 0 Å². The standard InChI is InChI=1S/C5H5NO3/c1-8-5(7)4-2-6-9-3-4/h2-3H,1H3. The summed E-state index contributed by atoms with van der Waals surface area (Å²) in [7, 11) is 1.30. The van der Waals surface area contributed by atoms with E-state index in [1.165, 1.54) is 19.6 Å². The topological polar surface area (TPSA) is 52.3 Å². The molecule has 0 aromatic carbocycles. The van der Waals surface area contributed by atoms with Gasteiger partial charge in [0.1, 0.15) is 11.8 Å². The molecule has 0 aliphatic rings. The summed E-state index contributed by atoms with van der Waals surface area (Å²) in [5, 5.41) is 3.32.